The van der Waals surface area contributed by atoms with Crippen LogP contribution in [-0.2, 0) is 19.4 Å². The molecule has 5 nitrogen and oxygen atoms in total. The van der Waals surface area contributed by atoms with Crippen LogP contribution in [0.2, 0.25) is 5.02 Å². The number of carbonyl (C=O) groups is 1. The Morgan fingerprint density at radius 1 is 0.943 bits per heavy atom. The number of benzene rings is 3. The molecule has 0 radical (unpaired) electrons. The summed E-state index contributed by atoms with van der Waals surface area (Å²) in [7, 11) is 0. The van der Waals surface area contributed by atoms with Crippen LogP contribution in [0.5, 0.6) is 0 Å². The Hall–Kier alpha value is -3.74. The van der Waals surface area contributed by atoms with E-state index in [0.29, 0.717) is 22.8 Å². The Bertz CT molecular complexity index is 1570. The van der Waals surface area contributed by atoms with Crippen molar-refractivity contribution in [1.29, 1.82) is 0 Å². The van der Waals surface area contributed by atoms with Crippen molar-refractivity contribution < 1.29 is 9.90 Å². The monoisotopic (exact) mass is 500 g/mol. The number of rotatable bonds is 7. The maximum absolute atomic E-state index is 12.9. The number of hydrogen-bond acceptors (Lipinski definition) is 4. The zero-order valence-electron chi connectivity index (χ0n) is 18.6. The normalized spacial score (nSPS) is 11.1. The number of fused-ring (bicyclic) bond motifs is 1. The van der Waals surface area contributed by atoms with Gasteiger partial charge in [-0.25, -0.2) is 9.78 Å². The predicted octanol–water partition coefficient (Wildman–Crippen LogP) is 6.31. The topological polar surface area (TPSA) is 72.2 Å². The largest absolute Gasteiger partial charge is 0.477 e. The van der Waals surface area contributed by atoms with Crippen LogP contribution in [0.25, 0.3) is 21.5 Å². The fraction of sp³-hybridized carbons (Fsp3) is 0.107. The predicted molar refractivity (Wildman–Crippen MR) is 141 cm³/mol. The van der Waals surface area contributed by atoms with E-state index in [1.807, 2.05) is 83.4 Å². The lowest BCUT2D eigenvalue weighted by Crippen LogP contribution is -2.19. The maximum Gasteiger partial charge on any atom is 0.341 e. The highest BCUT2D eigenvalue weighted by Crippen LogP contribution is 2.27. The van der Waals surface area contributed by atoms with Gasteiger partial charge in [-0.3, -0.25) is 4.79 Å². The molecular formula is C28H21ClN2O3S. The van der Waals surface area contributed by atoms with E-state index in [4.69, 9.17) is 11.6 Å². The van der Waals surface area contributed by atoms with Gasteiger partial charge in [0.2, 0.25) is 5.43 Å². The van der Waals surface area contributed by atoms with Gasteiger partial charge in [0.1, 0.15) is 15.9 Å². The quantitative estimate of drug-likeness (QED) is 0.284. The summed E-state index contributed by atoms with van der Waals surface area (Å²) in [6.07, 6.45) is 2.83. The first kappa shape index (κ1) is 23.0. The number of aromatic nitrogens is 2. The summed E-state index contributed by atoms with van der Waals surface area (Å²) in [5, 5.41) is 11.2. The van der Waals surface area contributed by atoms with Gasteiger partial charge in [0.05, 0.1) is 5.01 Å². The zero-order chi connectivity index (χ0) is 24.4. The molecule has 5 aromatic rings. The van der Waals surface area contributed by atoms with Crippen LogP contribution >= 0.6 is 22.9 Å². The van der Waals surface area contributed by atoms with Gasteiger partial charge in [-0.15, -0.1) is 11.3 Å². The SMILES string of the molecule is O=C(O)c1cn(Cc2ccccc2-c2ccccc2)c2sc(CCc3ccc(Cl)cc3)nc2c1=O. The number of halogens is 1. The fourth-order valence-corrected chi connectivity index (χ4v) is 5.28. The second-order valence-corrected chi connectivity index (χ2v) is 9.71. The molecule has 35 heavy (non-hydrogen) atoms. The lowest BCUT2D eigenvalue weighted by atomic mass is 9.99. The average Bonchev–Trinajstić information content (AvgIpc) is 3.31. The van der Waals surface area contributed by atoms with E-state index < -0.39 is 11.4 Å². The second kappa shape index (κ2) is 9.86. The number of carboxylic acid groups (broad SMARTS) is 1. The minimum absolute atomic E-state index is 0.207. The molecule has 174 valence electrons. The van der Waals surface area contributed by atoms with E-state index in [9.17, 15) is 14.7 Å². The highest BCUT2D eigenvalue weighted by Gasteiger charge is 2.19. The van der Waals surface area contributed by atoms with Gasteiger partial charge in [-0.1, -0.05) is 78.3 Å². The van der Waals surface area contributed by atoms with Gasteiger partial charge in [-0.05, 0) is 40.8 Å². The van der Waals surface area contributed by atoms with Gasteiger partial charge < -0.3 is 9.67 Å². The Morgan fingerprint density at radius 3 is 2.40 bits per heavy atom. The van der Waals surface area contributed by atoms with Crippen LogP contribution in [0.15, 0.2) is 89.9 Å². The minimum atomic E-state index is -1.25. The molecule has 2 heterocycles. The summed E-state index contributed by atoms with van der Waals surface area (Å²) in [5.41, 5.74) is 3.66. The molecule has 7 heteroatoms. The van der Waals surface area contributed by atoms with Crippen LogP contribution in [-0.4, -0.2) is 20.6 Å². The number of hydrogen-bond donors (Lipinski definition) is 1. The third kappa shape index (κ3) is 4.90. The molecule has 0 fully saturated rings. The van der Waals surface area contributed by atoms with Crippen molar-refractivity contribution in [1.82, 2.24) is 9.55 Å². The first-order valence-electron chi connectivity index (χ1n) is 11.1. The lowest BCUT2D eigenvalue weighted by Gasteiger charge is -2.13. The summed E-state index contributed by atoms with van der Waals surface area (Å²) < 4.78 is 1.84. The zero-order valence-corrected chi connectivity index (χ0v) is 20.2. The van der Waals surface area contributed by atoms with Crippen LogP contribution in [0.3, 0.4) is 0 Å². The summed E-state index contributed by atoms with van der Waals surface area (Å²) in [4.78, 5) is 30.0. The molecule has 0 amide bonds. The van der Waals surface area contributed by atoms with Gasteiger partial charge >= 0.3 is 5.97 Å². The number of nitrogens with zero attached hydrogens (tertiary/aromatic N) is 2. The molecule has 5 rings (SSSR count). The van der Waals surface area contributed by atoms with Gasteiger partial charge in [0, 0.05) is 24.2 Å². The minimum Gasteiger partial charge on any atom is -0.477 e. The van der Waals surface area contributed by atoms with Crippen LogP contribution in [0, 0.1) is 0 Å². The van der Waals surface area contributed by atoms with Gasteiger partial charge in [0.15, 0.2) is 0 Å². The number of aromatic carboxylic acids is 1. The number of thiazole rings is 1. The van der Waals surface area contributed by atoms with Crippen LogP contribution in [0.4, 0.5) is 0 Å². The van der Waals surface area contributed by atoms with Gasteiger partial charge in [-0.2, -0.15) is 0 Å². The van der Waals surface area contributed by atoms with E-state index in [-0.39, 0.29) is 11.1 Å². The molecule has 2 aromatic heterocycles. The molecule has 0 saturated carbocycles. The highest BCUT2D eigenvalue weighted by atomic mass is 35.5. The highest BCUT2D eigenvalue weighted by molar-refractivity contribution is 7.18. The third-order valence-electron chi connectivity index (χ3n) is 5.87. The molecule has 1 N–H and O–H groups in total. The number of aryl methyl sites for hydroxylation is 2. The van der Waals surface area contributed by atoms with Gasteiger partial charge in [0.25, 0.3) is 0 Å². The van der Waals surface area contributed by atoms with E-state index in [1.165, 1.54) is 17.5 Å². The second-order valence-electron chi connectivity index (χ2n) is 8.22. The fourth-order valence-electron chi connectivity index (χ4n) is 4.12. The van der Waals surface area contributed by atoms with Crippen LogP contribution < -0.4 is 5.43 Å². The smallest absolute Gasteiger partial charge is 0.341 e. The standard InChI is InChI=1S/C28H21ClN2O3S/c29-21-13-10-18(11-14-21)12-15-24-30-25-26(32)23(28(33)34)17-31(27(25)35-24)16-20-8-4-5-9-22(20)19-6-2-1-3-7-19/h1-11,13-14,17H,12,15-16H2,(H,33,34). The Kier molecular flexibility index (Phi) is 6.49. The summed E-state index contributed by atoms with van der Waals surface area (Å²) in [6.45, 7) is 0.418. The molecular weight excluding hydrogens is 480 g/mol. The molecule has 0 saturated heterocycles. The van der Waals surface area contributed by atoms with Crippen molar-refractivity contribution in [2.75, 3.05) is 0 Å². The van der Waals surface area contributed by atoms with Crippen molar-refractivity contribution in [2.24, 2.45) is 0 Å². The molecule has 0 unspecified atom stereocenters. The van der Waals surface area contributed by atoms with E-state index >= 15 is 0 Å². The Labute approximate surface area is 210 Å². The van der Waals surface area contributed by atoms with E-state index in [2.05, 4.69) is 4.98 Å². The molecule has 0 atom stereocenters. The van der Waals surface area contributed by atoms with Crippen molar-refractivity contribution in [3.63, 3.8) is 0 Å². The average molecular weight is 501 g/mol. The maximum atomic E-state index is 12.9. The third-order valence-corrected chi connectivity index (χ3v) is 7.28. The van der Waals surface area contributed by atoms with Crippen molar-refractivity contribution in [2.45, 2.75) is 19.4 Å². The van der Waals surface area contributed by atoms with E-state index in [0.717, 1.165) is 33.7 Å². The molecule has 3 aromatic carbocycles. The molecule has 0 aliphatic heterocycles. The van der Waals surface area contributed by atoms with Crippen molar-refractivity contribution in [3.05, 3.63) is 122 Å². The van der Waals surface area contributed by atoms with Crippen molar-refractivity contribution in [3.8, 4) is 11.1 Å². The lowest BCUT2D eigenvalue weighted by molar-refractivity contribution is 0.0695. The summed E-state index contributed by atoms with van der Waals surface area (Å²) >= 11 is 7.41. The Balaban J connectivity index is 1.55. The first-order chi connectivity index (χ1) is 17.0. The molecule has 0 aliphatic carbocycles. The molecule has 0 spiro atoms. The Morgan fingerprint density at radius 2 is 1.66 bits per heavy atom. The van der Waals surface area contributed by atoms with Crippen molar-refractivity contribution >= 4 is 39.3 Å². The number of pyridine rings is 1. The first-order valence-corrected chi connectivity index (χ1v) is 12.3. The number of carboxylic acids is 1. The summed E-state index contributed by atoms with van der Waals surface area (Å²) in [6, 6.07) is 25.7. The van der Waals surface area contributed by atoms with E-state index in [1.54, 1.807) is 0 Å². The summed E-state index contributed by atoms with van der Waals surface area (Å²) in [5.74, 6) is -1.25. The van der Waals surface area contributed by atoms with Crippen LogP contribution in [0.1, 0.15) is 26.5 Å². The molecule has 0 aliphatic rings. The molecule has 0 bridgehead atoms.